The van der Waals surface area contributed by atoms with Crippen LogP contribution in [0.5, 0.6) is 5.75 Å². The summed E-state index contributed by atoms with van der Waals surface area (Å²) in [5.41, 5.74) is 3.46. The molecule has 0 aliphatic carbocycles. The zero-order valence-corrected chi connectivity index (χ0v) is 20.1. The molecule has 35 heavy (non-hydrogen) atoms. The van der Waals surface area contributed by atoms with Crippen LogP contribution in [0.3, 0.4) is 0 Å². The minimum Gasteiger partial charge on any atom is -0.486 e. The van der Waals surface area contributed by atoms with E-state index in [0.29, 0.717) is 34.9 Å². The largest absolute Gasteiger partial charge is 0.486 e. The third kappa shape index (κ3) is 6.74. The lowest BCUT2D eigenvalue weighted by Crippen LogP contribution is -2.33. The molecule has 1 aliphatic heterocycles. The Morgan fingerprint density at radius 3 is 2.71 bits per heavy atom. The number of benzene rings is 1. The van der Waals surface area contributed by atoms with Crippen LogP contribution in [-0.2, 0) is 19.6 Å². The highest BCUT2D eigenvalue weighted by Crippen LogP contribution is 2.17. The number of hydrogen-bond donors (Lipinski definition) is 3. The van der Waals surface area contributed by atoms with Gasteiger partial charge in [-0.3, -0.25) is 9.78 Å². The average molecular weight is 472 g/mol. The minimum atomic E-state index is -0.183. The van der Waals surface area contributed by atoms with Crippen LogP contribution in [-0.4, -0.2) is 34.6 Å². The van der Waals surface area contributed by atoms with Crippen LogP contribution in [0.1, 0.15) is 29.9 Å². The van der Waals surface area contributed by atoms with Crippen LogP contribution in [0, 0.1) is 5.92 Å². The molecule has 2 aromatic heterocycles. The predicted molar refractivity (Wildman–Crippen MR) is 140 cm³/mol. The fourth-order valence-electron chi connectivity index (χ4n) is 4.29. The number of aromatic amines is 1. The van der Waals surface area contributed by atoms with Crippen molar-refractivity contribution in [3.8, 4) is 5.75 Å². The molecule has 3 heterocycles. The minimum absolute atomic E-state index is 0.162. The van der Waals surface area contributed by atoms with Gasteiger partial charge in [-0.15, -0.1) is 0 Å². The second-order valence-corrected chi connectivity index (χ2v) is 8.78. The van der Waals surface area contributed by atoms with E-state index >= 15 is 0 Å². The van der Waals surface area contributed by atoms with Gasteiger partial charge >= 0.3 is 0 Å². The molecule has 1 fully saturated rings. The maximum atomic E-state index is 12.7. The van der Waals surface area contributed by atoms with E-state index in [0.717, 1.165) is 42.9 Å². The summed E-state index contributed by atoms with van der Waals surface area (Å²) in [4.78, 5) is 24.7. The Bertz CT molecular complexity index is 1240. The Balaban J connectivity index is 1.41. The van der Waals surface area contributed by atoms with Crippen molar-refractivity contribution < 1.29 is 4.74 Å². The van der Waals surface area contributed by atoms with Crippen molar-refractivity contribution in [2.24, 2.45) is 5.92 Å². The van der Waals surface area contributed by atoms with E-state index in [-0.39, 0.29) is 12.2 Å². The first-order valence-electron chi connectivity index (χ1n) is 12.1. The molecule has 0 atom stereocenters. The number of hydrogen-bond acceptors (Lipinski definition) is 6. The van der Waals surface area contributed by atoms with Crippen molar-refractivity contribution in [2.75, 3.05) is 19.6 Å². The van der Waals surface area contributed by atoms with Crippen molar-refractivity contribution in [2.45, 2.75) is 32.4 Å². The van der Waals surface area contributed by atoms with Gasteiger partial charge in [0.15, 0.2) is 0 Å². The van der Waals surface area contributed by atoms with E-state index in [9.17, 15) is 4.79 Å². The standard InChI is InChI=1S/C28H33N5O2/c1-3-5-20(4-2)16-21-6-8-23(9-7-21)35-19-26-32-27-24(28(34)33-26)12-15-31-25(27)18-30-17-22-10-13-29-14-11-22/h3-9,12,15,22,29-30H,1-2,10-11,13-14,16-19H2,(H,32,33,34)/b20-5+. The molecule has 0 unspecified atom stereocenters. The summed E-state index contributed by atoms with van der Waals surface area (Å²) in [6.45, 7) is 11.4. The summed E-state index contributed by atoms with van der Waals surface area (Å²) in [5, 5.41) is 7.43. The lowest BCUT2D eigenvalue weighted by molar-refractivity contribution is 0.296. The monoisotopic (exact) mass is 471 g/mol. The molecular formula is C28H33N5O2. The van der Waals surface area contributed by atoms with Crippen LogP contribution in [0.2, 0.25) is 0 Å². The lowest BCUT2D eigenvalue weighted by Gasteiger charge is -2.22. The topological polar surface area (TPSA) is 91.9 Å². The Morgan fingerprint density at radius 1 is 1.17 bits per heavy atom. The molecule has 0 saturated carbocycles. The highest BCUT2D eigenvalue weighted by molar-refractivity contribution is 5.79. The van der Waals surface area contributed by atoms with Crippen molar-refractivity contribution >= 4 is 10.9 Å². The van der Waals surface area contributed by atoms with E-state index in [1.807, 2.05) is 36.4 Å². The van der Waals surface area contributed by atoms with E-state index in [1.54, 1.807) is 18.3 Å². The smallest absolute Gasteiger partial charge is 0.258 e. The number of aromatic nitrogens is 3. The average Bonchev–Trinajstić information content (AvgIpc) is 2.89. The fraction of sp³-hybridized carbons (Fsp3) is 0.321. The summed E-state index contributed by atoms with van der Waals surface area (Å²) >= 11 is 0. The fourth-order valence-corrected chi connectivity index (χ4v) is 4.29. The summed E-state index contributed by atoms with van der Waals surface area (Å²) in [5.74, 6) is 1.85. The molecule has 3 N–H and O–H groups in total. The molecule has 1 saturated heterocycles. The van der Waals surface area contributed by atoms with E-state index < -0.39 is 0 Å². The molecule has 1 aliphatic rings. The normalized spacial score (nSPS) is 14.7. The molecule has 0 amide bonds. The number of allylic oxidation sites excluding steroid dienone is 4. The number of nitrogens with one attached hydrogen (secondary N) is 3. The number of H-pyrrole nitrogens is 1. The third-order valence-corrected chi connectivity index (χ3v) is 6.23. The SMILES string of the molecule is C=C/C=C(\C=C)Cc1ccc(OCc2nc3c(CNCC4CCNCC4)nccc3c(=O)[nH]2)cc1. The first kappa shape index (κ1) is 24.6. The van der Waals surface area contributed by atoms with Gasteiger partial charge in [0, 0.05) is 12.7 Å². The van der Waals surface area contributed by atoms with Crippen LogP contribution in [0.15, 0.2) is 78.3 Å². The van der Waals surface area contributed by atoms with Crippen molar-refractivity contribution in [1.29, 1.82) is 0 Å². The second kappa shape index (κ2) is 12.2. The van der Waals surface area contributed by atoms with Crippen LogP contribution in [0.4, 0.5) is 0 Å². The first-order valence-corrected chi connectivity index (χ1v) is 12.1. The molecule has 7 nitrogen and oxygen atoms in total. The maximum Gasteiger partial charge on any atom is 0.258 e. The van der Waals surface area contributed by atoms with E-state index in [4.69, 9.17) is 4.74 Å². The zero-order valence-electron chi connectivity index (χ0n) is 20.1. The highest BCUT2D eigenvalue weighted by Gasteiger charge is 2.14. The summed E-state index contributed by atoms with van der Waals surface area (Å²) in [6.07, 6.45) is 10.3. The Morgan fingerprint density at radius 2 is 1.97 bits per heavy atom. The molecule has 4 rings (SSSR count). The number of fused-ring (bicyclic) bond motifs is 1. The number of pyridine rings is 1. The Hall–Kier alpha value is -3.55. The quantitative estimate of drug-likeness (QED) is 0.368. The summed E-state index contributed by atoms with van der Waals surface area (Å²) in [7, 11) is 0. The third-order valence-electron chi connectivity index (χ3n) is 6.23. The van der Waals surface area contributed by atoms with Gasteiger partial charge in [-0.1, -0.05) is 43.5 Å². The van der Waals surface area contributed by atoms with Gasteiger partial charge in [0.25, 0.3) is 5.56 Å². The van der Waals surface area contributed by atoms with Gasteiger partial charge in [0.1, 0.15) is 23.7 Å². The van der Waals surface area contributed by atoms with Crippen molar-refractivity contribution in [1.82, 2.24) is 25.6 Å². The van der Waals surface area contributed by atoms with Crippen LogP contribution in [0.25, 0.3) is 10.9 Å². The number of nitrogens with zero attached hydrogens (tertiary/aromatic N) is 2. The zero-order chi connectivity index (χ0) is 24.5. The summed E-state index contributed by atoms with van der Waals surface area (Å²) < 4.78 is 5.90. The summed E-state index contributed by atoms with van der Waals surface area (Å²) in [6, 6.07) is 9.57. The molecule has 182 valence electrons. The van der Waals surface area contributed by atoms with Crippen LogP contribution >= 0.6 is 0 Å². The number of piperidine rings is 1. The highest BCUT2D eigenvalue weighted by atomic mass is 16.5. The molecular weight excluding hydrogens is 438 g/mol. The maximum absolute atomic E-state index is 12.7. The van der Waals surface area contributed by atoms with Crippen molar-refractivity contribution in [3.63, 3.8) is 0 Å². The second-order valence-electron chi connectivity index (χ2n) is 8.78. The Kier molecular flexibility index (Phi) is 8.59. The van der Waals surface area contributed by atoms with Gasteiger partial charge in [0.2, 0.25) is 0 Å². The number of ether oxygens (including phenoxy) is 1. The van der Waals surface area contributed by atoms with Gasteiger partial charge in [-0.05, 0) is 74.2 Å². The van der Waals surface area contributed by atoms with E-state index in [2.05, 4.69) is 38.7 Å². The molecule has 7 heteroatoms. The van der Waals surface area contributed by atoms with Gasteiger partial charge < -0.3 is 20.4 Å². The van der Waals surface area contributed by atoms with Gasteiger partial charge in [-0.25, -0.2) is 4.98 Å². The predicted octanol–water partition coefficient (Wildman–Crippen LogP) is 3.83. The van der Waals surface area contributed by atoms with Gasteiger partial charge in [0.05, 0.1) is 11.1 Å². The van der Waals surface area contributed by atoms with Gasteiger partial charge in [-0.2, -0.15) is 0 Å². The molecule has 0 radical (unpaired) electrons. The molecule has 0 spiro atoms. The molecule has 1 aromatic carbocycles. The van der Waals surface area contributed by atoms with Crippen LogP contribution < -0.4 is 20.9 Å². The Labute approximate surface area is 206 Å². The van der Waals surface area contributed by atoms with E-state index in [1.165, 1.54) is 12.8 Å². The number of rotatable bonds is 11. The molecule has 0 bridgehead atoms. The molecule has 3 aromatic rings. The lowest BCUT2D eigenvalue weighted by atomic mass is 9.98. The van der Waals surface area contributed by atoms with Crippen molar-refractivity contribution in [3.05, 3.63) is 101 Å². The first-order chi connectivity index (χ1) is 17.2.